The molecule has 4 nitrogen and oxygen atoms in total. The van der Waals surface area contributed by atoms with Gasteiger partial charge in [0.25, 0.3) is 5.91 Å². The number of rotatable bonds is 4. The molecule has 2 heterocycles. The fourth-order valence-corrected chi connectivity index (χ4v) is 4.35. The fraction of sp³-hybridized carbons (Fsp3) is 0.0500. The van der Waals surface area contributed by atoms with Crippen LogP contribution in [0.25, 0.3) is 10.2 Å². The number of hydrogen-bond donors (Lipinski definition) is 1. The van der Waals surface area contributed by atoms with E-state index in [1.807, 2.05) is 49.4 Å². The lowest BCUT2D eigenvalue weighted by Gasteiger charge is -2.07. The van der Waals surface area contributed by atoms with Crippen molar-refractivity contribution in [3.8, 4) is 0 Å². The Bertz CT molecular complexity index is 1080. The summed E-state index contributed by atoms with van der Waals surface area (Å²) in [6, 6.07) is 19.5. The number of pyridine rings is 1. The first-order chi connectivity index (χ1) is 12.7. The average Bonchev–Trinajstić information content (AvgIpc) is 3.04. The van der Waals surface area contributed by atoms with Gasteiger partial charge in [-0.05, 0) is 48.9 Å². The van der Waals surface area contributed by atoms with E-state index in [-0.39, 0.29) is 5.91 Å². The van der Waals surface area contributed by atoms with Gasteiger partial charge >= 0.3 is 0 Å². The van der Waals surface area contributed by atoms with E-state index in [1.54, 1.807) is 18.3 Å². The Morgan fingerprint density at radius 1 is 1.08 bits per heavy atom. The van der Waals surface area contributed by atoms with Crippen LogP contribution in [-0.2, 0) is 0 Å². The summed E-state index contributed by atoms with van der Waals surface area (Å²) in [5.74, 6) is -0.202. The van der Waals surface area contributed by atoms with Gasteiger partial charge in [0.15, 0.2) is 5.13 Å². The normalized spacial score (nSPS) is 10.8. The molecule has 0 atom stereocenters. The van der Waals surface area contributed by atoms with E-state index in [0.29, 0.717) is 15.7 Å². The predicted molar refractivity (Wildman–Crippen MR) is 107 cm³/mol. The van der Waals surface area contributed by atoms with Crippen molar-refractivity contribution < 1.29 is 4.79 Å². The Labute approximate surface area is 159 Å². The molecule has 0 fully saturated rings. The minimum absolute atomic E-state index is 0.202. The van der Waals surface area contributed by atoms with E-state index in [4.69, 9.17) is 0 Å². The molecule has 4 rings (SSSR count). The van der Waals surface area contributed by atoms with Crippen molar-refractivity contribution in [3.05, 3.63) is 78.0 Å². The van der Waals surface area contributed by atoms with Gasteiger partial charge in [0.2, 0.25) is 0 Å². The number of nitrogens with one attached hydrogen (secondary N) is 1. The number of hydrogen-bond acceptors (Lipinski definition) is 5. The molecule has 26 heavy (non-hydrogen) atoms. The molecule has 6 heteroatoms. The maximum Gasteiger partial charge on any atom is 0.260 e. The summed E-state index contributed by atoms with van der Waals surface area (Å²) < 4.78 is 1.06. The van der Waals surface area contributed by atoms with Crippen molar-refractivity contribution >= 4 is 44.4 Å². The third kappa shape index (κ3) is 3.61. The molecular weight excluding hydrogens is 362 g/mol. The highest BCUT2D eigenvalue weighted by molar-refractivity contribution is 7.99. The molecule has 128 valence electrons. The molecule has 0 saturated heterocycles. The van der Waals surface area contributed by atoms with Gasteiger partial charge in [-0.2, -0.15) is 0 Å². The number of carbonyl (C=O) groups is 1. The van der Waals surface area contributed by atoms with E-state index in [2.05, 4.69) is 21.4 Å². The minimum atomic E-state index is -0.202. The Morgan fingerprint density at radius 3 is 2.77 bits per heavy atom. The second-order valence-corrected chi connectivity index (χ2v) is 7.81. The Balaban J connectivity index is 1.59. The van der Waals surface area contributed by atoms with Crippen molar-refractivity contribution in [2.45, 2.75) is 16.8 Å². The van der Waals surface area contributed by atoms with Crippen LogP contribution in [0.4, 0.5) is 5.13 Å². The molecule has 0 aliphatic carbocycles. The first-order valence-electron chi connectivity index (χ1n) is 8.05. The third-order valence-corrected chi connectivity index (χ3v) is 5.70. The van der Waals surface area contributed by atoms with Crippen LogP contribution >= 0.6 is 23.1 Å². The zero-order chi connectivity index (χ0) is 17.9. The highest BCUT2D eigenvalue weighted by Gasteiger charge is 2.15. The topological polar surface area (TPSA) is 54.9 Å². The van der Waals surface area contributed by atoms with E-state index in [0.717, 1.165) is 15.1 Å². The van der Waals surface area contributed by atoms with E-state index in [1.165, 1.54) is 28.7 Å². The molecule has 0 saturated carbocycles. The second kappa shape index (κ2) is 7.27. The number of carbonyl (C=O) groups excluding carboxylic acids is 1. The second-order valence-electron chi connectivity index (χ2n) is 5.72. The number of anilines is 1. The van der Waals surface area contributed by atoms with Gasteiger partial charge in [-0.15, -0.1) is 0 Å². The zero-order valence-electron chi connectivity index (χ0n) is 14.0. The largest absolute Gasteiger partial charge is 0.298 e. The fourth-order valence-electron chi connectivity index (χ4n) is 2.49. The molecule has 0 bridgehead atoms. The summed E-state index contributed by atoms with van der Waals surface area (Å²) >= 11 is 2.95. The van der Waals surface area contributed by atoms with Gasteiger partial charge < -0.3 is 0 Å². The molecule has 1 N–H and O–H groups in total. The van der Waals surface area contributed by atoms with E-state index < -0.39 is 0 Å². The van der Waals surface area contributed by atoms with Crippen molar-refractivity contribution in [1.82, 2.24) is 9.97 Å². The van der Waals surface area contributed by atoms with Gasteiger partial charge in [-0.1, -0.05) is 47.4 Å². The Hall–Kier alpha value is -2.70. The van der Waals surface area contributed by atoms with Crippen LogP contribution in [-0.4, -0.2) is 15.9 Å². The molecule has 0 radical (unpaired) electrons. The lowest BCUT2D eigenvalue weighted by molar-refractivity contribution is 0.102. The molecule has 0 unspecified atom stereocenters. The van der Waals surface area contributed by atoms with Crippen LogP contribution in [0.1, 0.15) is 15.9 Å². The highest BCUT2D eigenvalue weighted by Crippen LogP contribution is 2.30. The molecule has 1 amide bonds. The van der Waals surface area contributed by atoms with Gasteiger partial charge in [0.05, 0.1) is 15.8 Å². The number of aromatic nitrogens is 2. The molecule has 0 aliphatic rings. The quantitative estimate of drug-likeness (QED) is 0.517. The van der Waals surface area contributed by atoms with Gasteiger partial charge in [-0.25, -0.2) is 9.97 Å². The van der Waals surface area contributed by atoms with Crippen LogP contribution < -0.4 is 5.32 Å². The van der Waals surface area contributed by atoms with Gasteiger partial charge in [0.1, 0.15) is 5.03 Å². The molecule has 4 aromatic rings. The zero-order valence-corrected chi connectivity index (χ0v) is 15.6. The summed E-state index contributed by atoms with van der Waals surface area (Å²) in [7, 11) is 0. The Morgan fingerprint density at radius 2 is 1.92 bits per heavy atom. The number of amides is 1. The standard InChI is InChI=1S/C20H15N3OS2/c1-13-9-10-16-17(12-13)26-20(22-16)23-18(24)15-8-5-11-21-19(15)25-14-6-3-2-4-7-14/h2-12H,1H3,(H,22,23,24). The van der Waals surface area contributed by atoms with Gasteiger partial charge in [0, 0.05) is 11.1 Å². The van der Waals surface area contributed by atoms with Crippen molar-refractivity contribution in [2.24, 2.45) is 0 Å². The maximum absolute atomic E-state index is 12.8. The molecule has 0 aliphatic heterocycles. The molecule has 2 aromatic heterocycles. The van der Waals surface area contributed by atoms with Gasteiger partial charge in [-0.3, -0.25) is 10.1 Å². The van der Waals surface area contributed by atoms with Crippen molar-refractivity contribution in [2.75, 3.05) is 5.32 Å². The van der Waals surface area contributed by atoms with Crippen LogP contribution in [0, 0.1) is 6.92 Å². The number of nitrogens with zero attached hydrogens (tertiary/aromatic N) is 2. The predicted octanol–water partition coefficient (Wildman–Crippen LogP) is 5.40. The number of aryl methyl sites for hydroxylation is 1. The highest BCUT2D eigenvalue weighted by atomic mass is 32.2. The first-order valence-corrected chi connectivity index (χ1v) is 9.69. The third-order valence-electron chi connectivity index (χ3n) is 3.74. The first kappa shape index (κ1) is 16.8. The molecular formula is C20H15N3OS2. The van der Waals surface area contributed by atoms with E-state index >= 15 is 0 Å². The molecule has 2 aromatic carbocycles. The van der Waals surface area contributed by atoms with Crippen LogP contribution in [0.5, 0.6) is 0 Å². The van der Waals surface area contributed by atoms with Crippen LogP contribution in [0.3, 0.4) is 0 Å². The van der Waals surface area contributed by atoms with Crippen LogP contribution in [0.15, 0.2) is 76.8 Å². The Kier molecular flexibility index (Phi) is 4.69. The number of benzene rings is 2. The minimum Gasteiger partial charge on any atom is -0.298 e. The van der Waals surface area contributed by atoms with Crippen molar-refractivity contribution in [3.63, 3.8) is 0 Å². The summed E-state index contributed by atoms with van der Waals surface area (Å²) in [4.78, 5) is 22.7. The summed E-state index contributed by atoms with van der Waals surface area (Å²) in [6.07, 6.45) is 1.70. The van der Waals surface area contributed by atoms with Crippen molar-refractivity contribution in [1.29, 1.82) is 0 Å². The average molecular weight is 377 g/mol. The lowest BCUT2D eigenvalue weighted by Crippen LogP contribution is -2.13. The molecule has 0 spiro atoms. The maximum atomic E-state index is 12.8. The SMILES string of the molecule is Cc1ccc2nc(NC(=O)c3cccnc3Sc3ccccc3)sc2c1. The lowest BCUT2D eigenvalue weighted by atomic mass is 10.2. The summed E-state index contributed by atoms with van der Waals surface area (Å²) in [5.41, 5.74) is 2.60. The monoisotopic (exact) mass is 377 g/mol. The number of fused-ring (bicyclic) bond motifs is 1. The van der Waals surface area contributed by atoms with E-state index in [9.17, 15) is 4.79 Å². The summed E-state index contributed by atoms with van der Waals surface area (Å²) in [6.45, 7) is 2.04. The summed E-state index contributed by atoms with van der Waals surface area (Å²) in [5, 5.41) is 4.18. The van der Waals surface area contributed by atoms with Crippen LogP contribution in [0.2, 0.25) is 0 Å². The number of thiazole rings is 1. The smallest absolute Gasteiger partial charge is 0.260 e.